The molecule has 0 aromatic heterocycles. The maximum Gasteiger partial charge on any atom is 0.315 e. The average molecular weight is 679 g/mol. The molecule has 0 radical (unpaired) electrons. The van der Waals surface area contributed by atoms with E-state index in [2.05, 4.69) is 29.8 Å². The molecule has 2 heterocycles. The molecule has 0 spiro atoms. The van der Waals surface area contributed by atoms with Gasteiger partial charge in [0.05, 0.1) is 11.6 Å². The van der Waals surface area contributed by atoms with Gasteiger partial charge in [0.1, 0.15) is 12.1 Å². The number of amides is 6. The Morgan fingerprint density at radius 2 is 1.67 bits per heavy atom. The minimum Gasteiger partial charge on any atom is -0.363 e. The standard InChI is InChI=1S/C37H54N6O6/c1-22(44)42-17-11-16-37(21-42,19-24-12-8-7-9-13-24)41-34(49)40-30(35(2,3)4)33(48)43-20-25-27(36(25,5)6)28(43)32(47)39-26(29(45)31(38)46)18-23-14-10-15-23/h7-9,12-13,23,25-28,30H,10-11,14-21H2,1-6H3,(H2,38,46)(H,39,47)(H2,40,41,49)/t25-,26?,27-,28-,30+,37?/m0/s1. The molecule has 4 fully saturated rings. The van der Waals surface area contributed by atoms with E-state index in [1.54, 1.807) is 9.80 Å². The highest BCUT2D eigenvalue weighted by Crippen LogP contribution is 2.65. The molecular weight excluding hydrogens is 624 g/mol. The van der Waals surface area contributed by atoms with Crippen LogP contribution in [0.15, 0.2) is 30.3 Å². The molecule has 12 heteroatoms. The molecule has 5 rings (SSSR count). The summed E-state index contributed by atoms with van der Waals surface area (Å²) in [5, 5.41) is 8.97. The number of carbonyl (C=O) groups excluding carboxylic acids is 6. The van der Waals surface area contributed by atoms with Crippen molar-refractivity contribution < 1.29 is 28.8 Å². The molecule has 2 unspecified atom stereocenters. The van der Waals surface area contributed by atoms with Gasteiger partial charge in [0, 0.05) is 26.6 Å². The first-order valence-corrected chi connectivity index (χ1v) is 17.8. The Bertz CT molecular complexity index is 1470. The fourth-order valence-corrected chi connectivity index (χ4v) is 8.44. The highest BCUT2D eigenvalue weighted by atomic mass is 16.2. The summed E-state index contributed by atoms with van der Waals surface area (Å²) in [5.74, 6) is -2.67. The minimum absolute atomic E-state index is 0.0608. The van der Waals surface area contributed by atoms with Crippen LogP contribution in [0, 0.1) is 28.6 Å². The maximum absolute atomic E-state index is 14.5. The third-order valence-electron chi connectivity index (χ3n) is 11.6. The van der Waals surface area contributed by atoms with Crippen molar-refractivity contribution in [1.82, 2.24) is 25.8 Å². The van der Waals surface area contributed by atoms with Gasteiger partial charge in [0.2, 0.25) is 23.5 Å². The third kappa shape index (κ3) is 7.78. The van der Waals surface area contributed by atoms with E-state index in [9.17, 15) is 28.8 Å². The van der Waals surface area contributed by atoms with Crippen molar-refractivity contribution in [3.05, 3.63) is 35.9 Å². The maximum atomic E-state index is 14.5. The van der Waals surface area contributed by atoms with Crippen LogP contribution < -0.4 is 21.7 Å². The summed E-state index contributed by atoms with van der Waals surface area (Å²) in [7, 11) is 0. The van der Waals surface area contributed by atoms with Crippen LogP contribution in [0.3, 0.4) is 0 Å². The minimum atomic E-state index is -1.09. The van der Waals surface area contributed by atoms with Crippen LogP contribution in [0.1, 0.15) is 85.6 Å². The number of rotatable bonds is 11. The number of nitrogens with one attached hydrogen (secondary N) is 3. The van der Waals surface area contributed by atoms with Gasteiger partial charge in [-0.05, 0) is 59.8 Å². The Morgan fingerprint density at radius 3 is 2.24 bits per heavy atom. The molecule has 2 aliphatic carbocycles. The largest absolute Gasteiger partial charge is 0.363 e. The smallest absolute Gasteiger partial charge is 0.315 e. The molecule has 0 bridgehead atoms. The number of Topliss-reactive ketones (excluding diaryl/α,β-unsaturated/α-hetero) is 1. The fraction of sp³-hybridized carbons (Fsp3) is 0.676. The summed E-state index contributed by atoms with van der Waals surface area (Å²) in [6, 6.07) is 6.40. The van der Waals surface area contributed by atoms with Gasteiger partial charge in [-0.1, -0.05) is 84.2 Å². The number of hydrogen-bond donors (Lipinski definition) is 4. The fourth-order valence-electron chi connectivity index (χ4n) is 8.44. The second-order valence-electron chi connectivity index (χ2n) is 16.6. The van der Waals surface area contributed by atoms with Crippen molar-refractivity contribution >= 4 is 35.4 Å². The molecule has 2 saturated carbocycles. The first kappa shape index (κ1) is 36.3. The van der Waals surface area contributed by atoms with Crippen molar-refractivity contribution in [1.29, 1.82) is 0 Å². The van der Waals surface area contributed by atoms with Crippen LogP contribution in [0.5, 0.6) is 0 Å². The number of primary amides is 1. The first-order chi connectivity index (χ1) is 22.9. The molecule has 12 nitrogen and oxygen atoms in total. The Morgan fingerprint density at radius 1 is 1.00 bits per heavy atom. The van der Waals surface area contributed by atoms with Crippen molar-refractivity contribution in [3.8, 4) is 0 Å². The van der Waals surface area contributed by atoms with E-state index in [1.165, 1.54) is 6.92 Å². The normalized spacial score (nSPS) is 27.2. The number of piperidine rings is 2. The lowest BCUT2D eigenvalue weighted by molar-refractivity contribution is -0.145. The molecule has 6 amide bonds. The van der Waals surface area contributed by atoms with E-state index >= 15 is 0 Å². The third-order valence-corrected chi connectivity index (χ3v) is 11.6. The Labute approximate surface area is 289 Å². The molecule has 4 aliphatic rings. The lowest BCUT2D eigenvalue weighted by Crippen LogP contribution is -2.65. The second kappa shape index (κ2) is 13.7. The molecule has 2 saturated heterocycles. The van der Waals surface area contributed by atoms with Gasteiger partial charge < -0.3 is 31.5 Å². The van der Waals surface area contributed by atoms with Gasteiger partial charge in [-0.25, -0.2) is 4.79 Å². The molecule has 2 aliphatic heterocycles. The van der Waals surface area contributed by atoms with Crippen molar-refractivity contribution in [2.24, 2.45) is 34.3 Å². The number of nitrogens with zero attached hydrogens (tertiary/aromatic N) is 2. The highest BCUT2D eigenvalue weighted by Gasteiger charge is 2.70. The number of nitrogens with two attached hydrogens (primary N) is 1. The SMILES string of the molecule is CC(=O)N1CCCC(Cc2ccccc2)(NC(=O)N[C@H](C(=O)N2C[C@H]3[C@@H]([C@H]2C(=O)NC(CC2CCC2)C(=O)C(N)=O)C3(C)C)C(C)(C)C)C1. The number of carbonyl (C=O) groups is 6. The number of fused-ring (bicyclic) bond motifs is 1. The Hall–Kier alpha value is -3.96. The number of likely N-dealkylation sites (tertiary alicyclic amines) is 2. The monoisotopic (exact) mass is 678 g/mol. The summed E-state index contributed by atoms with van der Waals surface area (Å²) in [4.78, 5) is 82.8. The second-order valence-corrected chi connectivity index (χ2v) is 16.6. The average Bonchev–Trinajstić information content (AvgIpc) is 3.31. The van der Waals surface area contributed by atoms with Gasteiger partial charge >= 0.3 is 6.03 Å². The van der Waals surface area contributed by atoms with Gasteiger partial charge in [-0.3, -0.25) is 24.0 Å². The quantitative estimate of drug-likeness (QED) is 0.262. The predicted molar refractivity (Wildman–Crippen MR) is 184 cm³/mol. The van der Waals surface area contributed by atoms with E-state index < -0.39 is 52.7 Å². The van der Waals surface area contributed by atoms with E-state index in [-0.39, 0.29) is 35.0 Å². The molecule has 49 heavy (non-hydrogen) atoms. The van der Waals surface area contributed by atoms with Gasteiger partial charge in [0.25, 0.3) is 5.91 Å². The Kier molecular flexibility index (Phi) is 10.2. The van der Waals surface area contributed by atoms with Crippen molar-refractivity contribution in [3.63, 3.8) is 0 Å². The topological polar surface area (TPSA) is 171 Å². The molecular formula is C37H54N6O6. The lowest BCUT2D eigenvalue weighted by Gasteiger charge is -2.44. The number of ketones is 1. The predicted octanol–water partition coefficient (Wildman–Crippen LogP) is 2.54. The van der Waals surface area contributed by atoms with Gasteiger partial charge in [-0.2, -0.15) is 0 Å². The van der Waals surface area contributed by atoms with Crippen LogP contribution in [0.2, 0.25) is 0 Å². The number of urea groups is 1. The van der Waals surface area contributed by atoms with Crippen LogP contribution >= 0.6 is 0 Å². The molecule has 1 aromatic carbocycles. The van der Waals surface area contributed by atoms with E-state index in [1.807, 2.05) is 51.1 Å². The summed E-state index contributed by atoms with van der Waals surface area (Å²) >= 11 is 0. The lowest BCUT2D eigenvalue weighted by atomic mass is 9.80. The van der Waals surface area contributed by atoms with Crippen LogP contribution in [0.25, 0.3) is 0 Å². The Balaban J connectivity index is 1.36. The van der Waals surface area contributed by atoms with Crippen LogP contribution in [-0.4, -0.2) is 88.5 Å². The van der Waals surface area contributed by atoms with E-state index in [0.717, 1.165) is 31.2 Å². The van der Waals surface area contributed by atoms with E-state index in [0.29, 0.717) is 38.9 Å². The summed E-state index contributed by atoms with van der Waals surface area (Å²) in [5.41, 5.74) is 4.72. The summed E-state index contributed by atoms with van der Waals surface area (Å²) in [6.45, 7) is 12.6. The summed E-state index contributed by atoms with van der Waals surface area (Å²) in [6.07, 6.45) is 5.11. The first-order valence-electron chi connectivity index (χ1n) is 17.8. The zero-order valence-electron chi connectivity index (χ0n) is 29.8. The van der Waals surface area contributed by atoms with Crippen molar-refractivity contribution in [2.75, 3.05) is 19.6 Å². The van der Waals surface area contributed by atoms with Crippen molar-refractivity contribution in [2.45, 2.75) is 110 Å². The molecule has 268 valence electrons. The molecule has 5 N–H and O–H groups in total. The zero-order chi connectivity index (χ0) is 35.9. The summed E-state index contributed by atoms with van der Waals surface area (Å²) < 4.78 is 0. The number of hydrogen-bond acceptors (Lipinski definition) is 6. The van der Waals surface area contributed by atoms with Gasteiger partial charge in [0.15, 0.2) is 0 Å². The van der Waals surface area contributed by atoms with Crippen LogP contribution in [-0.2, 0) is 30.4 Å². The molecule has 6 atom stereocenters. The van der Waals surface area contributed by atoms with Crippen LogP contribution in [0.4, 0.5) is 4.79 Å². The number of benzene rings is 1. The van der Waals surface area contributed by atoms with Gasteiger partial charge in [-0.15, -0.1) is 0 Å². The molecule has 1 aromatic rings. The zero-order valence-corrected chi connectivity index (χ0v) is 29.8. The van der Waals surface area contributed by atoms with E-state index in [4.69, 9.17) is 5.73 Å². The highest BCUT2D eigenvalue weighted by molar-refractivity contribution is 6.37.